The Morgan fingerprint density at radius 2 is 2.14 bits per heavy atom. The molecule has 0 aliphatic carbocycles. The molecule has 0 radical (unpaired) electrons. The number of amides is 2. The number of nitrogens with zero attached hydrogens (tertiary/aromatic N) is 1. The molecule has 2 fully saturated rings. The van der Waals surface area contributed by atoms with Gasteiger partial charge in [0.1, 0.15) is 11.4 Å². The van der Waals surface area contributed by atoms with Gasteiger partial charge in [-0.15, -0.1) is 11.8 Å². The van der Waals surface area contributed by atoms with Gasteiger partial charge in [-0.25, -0.2) is 0 Å². The van der Waals surface area contributed by atoms with Gasteiger partial charge in [-0.1, -0.05) is 0 Å². The topological polar surface area (TPSA) is 103 Å². The molecule has 0 saturated carbocycles. The minimum atomic E-state index is -1.28. The van der Waals surface area contributed by atoms with Gasteiger partial charge in [0.05, 0.1) is 18.3 Å². The number of hydrogen-bond acceptors (Lipinski definition) is 6. The number of aliphatic carboxylic acids is 1. The van der Waals surface area contributed by atoms with Crippen molar-refractivity contribution < 1.29 is 53.5 Å². The van der Waals surface area contributed by atoms with Crippen LogP contribution in [0.5, 0.6) is 0 Å². The summed E-state index contributed by atoms with van der Waals surface area (Å²) >= 11 is 1.34. The van der Waals surface area contributed by atoms with Gasteiger partial charge < -0.3 is 24.5 Å². The van der Waals surface area contributed by atoms with Crippen LogP contribution in [-0.2, 0) is 9.59 Å². The maximum atomic E-state index is 12.1. The molecule has 0 bridgehead atoms. The van der Waals surface area contributed by atoms with E-state index in [9.17, 15) is 19.5 Å². The van der Waals surface area contributed by atoms with E-state index in [1.54, 1.807) is 19.9 Å². The first-order valence-corrected chi connectivity index (χ1v) is 7.26. The van der Waals surface area contributed by atoms with Crippen molar-refractivity contribution in [3.8, 4) is 0 Å². The van der Waals surface area contributed by atoms with E-state index < -0.39 is 40.0 Å². The van der Waals surface area contributed by atoms with Crippen LogP contribution in [-0.4, -0.2) is 44.9 Å². The standard InChI is InChI=1S/C13H14N2O5S.Na/c1-13(2)8(12(18)19)15-10(17)7(11(15)21-13)14-9(16)6-4-3-5-20-6;/h3-5,7-8,11H,1-2H3,(H,14,16)(H,18,19);/q;+1/p-1/t7-,8+,11-;/m1./s1. The summed E-state index contributed by atoms with van der Waals surface area (Å²) in [6.45, 7) is 3.49. The number of thioether (sulfide) groups is 1. The van der Waals surface area contributed by atoms with Crippen LogP contribution in [0.1, 0.15) is 24.4 Å². The Hall–Kier alpha value is -0.960. The molecule has 2 aliphatic heterocycles. The summed E-state index contributed by atoms with van der Waals surface area (Å²) in [7, 11) is 0. The maximum absolute atomic E-state index is 12.1. The number of rotatable bonds is 3. The second kappa shape index (κ2) is 5.92. The van der Waals surface area contributed by atoms with Crippen LogP contribution >= 0.6 is 11.8 Å². The average molecular weight is 332 g/mol. The summed E-state index contributed by atoms with van der Waals surface area (Å²) in [6, 6.07) is 1.34. The van der Waals surface area contributed by atoms with E-state index in [-0.39, 0.29) is 35.3 Å². The van der Waals surface area contributed by atoms with Crippen molar-refractivity contribution in [2.45, 2.75) is 36.1 Å². The first-order chi connectivity index (χ1) is 9.83. The first kappa shape index (κ1) is 17.4. The number of carboxylic acids is 1. The zero-order valence-corrected chi connectivity index (χ0v) is 15.2. The van der Waals surface area contributed by atoms with Gasteiger partial charge in [-0.3, -0.25) is 9.59 Å². The molecule has 0 spiro atoms. The summed E-state index contributed by atoms with van der Waals surface area (Å²) in [5.74, 6) is -2.07. The van der Waals surface area contributed by atoms with E-state index in [2.05, 4.69) is 5.32 Å². The van der Waals surface area contributed by atoms with Crippen LogP contribution in [0.2, 0.25) is 0 Å². The van der Waals surface area contributed by atoms with Gasteiger partial charge >= 0.3 is 29.6 Å². The van der Waals surface area contributed by atoms with Crippen LogP contribution in [0.15, 0.2) is 22.8 Å². The summed E-state index contributed by atoms with van der Waals surface area (Å²) in [5.41, 5.74) is 0. The molecule has 3 rings (SSSR count). The SMILES string of the molecule is CC1(C)S[C@@H]2[C@H](NC(=O)c3ccco3)C(=O)N2[C@H]1C(=O)[O-].[Na+]. The molecule has 112 valence electrons. The molecule has 2 saturated heterocycles. The molecule has 1 N–H and O–H groups in total. The Balaban J connectivity index is 0.00000176. The van der Waals surface area contributed by atoms with Gasteiger partial charge in [0.25, 0.3) is 5.91 Å². The van der Waals surface area contributed by atoms with Crippen molar-refractivity contribution in [2.75, 3.05) is 0 Å². The molecule has 22 heavy (non-hydrogen) atoms. The second-order valence-corrected chi connectivity index (χ2v) is 7.28. The number of fused-ring (bicyclic) bond motifs is 1. The Morgan fingerprint density at radius 3 is 2.68 bits per heavy atom. The number of β-lactam (4-membered cyclic amide) rings is 1. The molecule has 7 nitrogen and oxygen atoms in total. The third kappa shape index (κ3) is 2.58. The zero-order chi connectivity index (χ0) is 15.4. The monoisotopic (exact) mass is 332 g/mol. The molecule has 3 atom stereocenters. The number of furan rings is 1. The van der Waals surface area contributed by atoms with E-state index in [1.807, 2.05) is 0 Å². The van der Waals surface area contributed by atoms with Crippen LogP contribution in [0, 0.1) is 0 Å². The van der Waals surface area contributed by atoms with Crippen LogP contribution in [0.4, 0.5) is 0 Å². The predicted molar refractivity (Wildman–Crippen MR) is 71.1 cm³/mol. The van der Waals surface area contributed by atoms with E-state index in [0.29, 0.717) is 0 Å². The average Bonchev–Trinajstić information content (AvgIpc) is 3.00. The Labute approximate surface area is 153 Å². The minimum Gasteiger partial charge on any atom is -0.548 e. The van der Waals surface area contributed by atoms with Crippen molar-refractivity contribution in [3.05, 3.63) is 24.2 Å². The number of carbonyl (C=O) groups is 3. The second-order valence-electron chi connectivity index (χ2n) is 5.51. The molecule has 0 aromatic carbocycles. The van der Waals surface area contributed by atoms with Gasteiger partial charge in [0.15, 0.2) is 5.76 Å². The van der Waals surface area contributed by atoms with Crippen molar-refractivity contribution in [1.29, 1.82) is 0 Å². The summed E-state index contributed by atoms with van der Waals surface area (Å²) in [5, 5.41) is 13.4. The molecule has 9 heteroatoms. The Bertz CT molecular complexity index is 618. The number of carboxylic acid groups (broad SMARTS) is 1. The number of carbonyl (C=O) groups excluding carboxylic acids is 3. The maximum Gasteiger partial charge on any atom is 1.00 e. The van der Waals surface area contributed by atoms with E-state index >= 15 is 0 Å². The summed E-state index contributed by atoms with van der Waals surface area (Å²) in [4.78, 5) is 36.6. The molecule has 0 unspecified atom stereocenters. The first-order valence-electron chi connectivity index (χ1n) is 6.38. The van der Waals surface area contributed by atoms with Gasteiger partial charge in [0.2, 0.25) is 5.91 Å². The molecule has 2 amide bonds. The molecule has 1 aromatic rings. The van der Waals surface area contributed by atoms with Crippen molar-refractivity contribution >= 4 is 29.5 Å². The molecule has 1 aromatic heterocycles. The number of nitrogens with one attached hydrogen (secondary N) is 1. The third-order valence-electron chi connectivity index (χ3n) is 3.70. The smallest absolute Gasteiger partial charge is 0.548 e. The van der Waals surface area contributed by atoms with Gasteiger partial charge in [-0.05, 0) is 26.0 Å². The minimum absolute atomic E-state index is 0. The normalized spacial score (nSPS) is 28.4. The zero-order valence-electron chi connectivity index (χ0n) is 12.4. The predicted octanol–water partition coefficient (Wildman–Crippen LogP) is -3.81. The largest absolute Gasteiger partial charge is 1.00 e. The van der Waals surface area contributed by atoms with E-state index in [1.165, 1.54) is 29.0 Å². The quantitative estimate of drug-likeness (QED) is 0.450. The van der Waals surface area contributed by atoms with Gasteiger partial charge in [-0.2, -0.15) is 0 Å². The van der Waals surface area contributed by atoms with Crippen LogP contribution in [0.3, 0.4) is 0 Å². The Kier molecular flexibility index (Phi) is 4.68. The molecule has 2 aliphatic rings. The summed E-state index contributed by atoms with van der Waals surface area (Å²) < 4.78 is 4.30. The van der Waals surface area contributed by atoms with Crippen LogP contribution in [0.25, 0.3) is 0 Å². The molecular weight excluding hydrogens is 319 g/mol. The Morgan fingerprint density at radius 1 is 1.45 bits per heavy atom. The van der Waals surface area contributed by atoms with Crippen molar-refractivity contribution in [3.63, 3.8) is 0 Å². The fourth-order valence-electron chi connectivity index (χ4n) is 2.75. The van der Waals surface area contributed by atoms with Crippen molar-refractivity contribution in [1.82, 2.24) is 10.2 Å². The van der Waals surface area contributed by atoms with E-state index in [4.69, 9.17) is 4.42 Å². The van der Waals surface area contributed by atoms with Crippen molar-refractivity contribution in [2.24, 2.45) is 0 Å². The number of hydrogen-bond donors (Lipinski definition) is 1. The molecular formula is C13H13N2NaO5S. The van der Waals surface area contributed by atoms with E-state index in [0.717, 1.165) is 0 Å². The van der Waals surface area contributed by atoms with Gasteiger partial charge in [0, 0.05) is 4.75 Å². The third-order valence-corrected chi connectivity index (χ3v) is 5.27. The van der Waals surface area contributed by atoms with Crippen LogP contribution < -0.4 is 40.0 Å². The fraction of sp³-hybridized carbons (Fsp3) is 0.462. The molecule has 3 heterocycles. The fourth-order valence-corrected chi connectivity index (χ4v) is 4.37. The summed E-state index contributed by atoms with van der Waals surface area (Å²) in [6.07, 6.45) is 1.36.